The lowest BCUT2D eigenvalue weighted by Crippen LogP contribution is -2.41. The van der Waals surface area contributed by atoms with Gasteiger partial charge in [-0.05, 0) is 13.0 Å². The maximum absolute atomic E-state index is 10.6. The fraction of sp³-hybridized carbons (Fsp3) is 0.800. The predicted molar refractivity (Wildman–Crippen MR) is 39.4 cm³/mol. The maximum atomic E-state index is 10.6. The van der Waals surface area contributed by atoms with E-state index in [-0.39, 0.29) is 6.42 Å². The van der Waals surface area contributed by atoms with Crippen LogP contribution >= 0.6 is 0 Å². The smallest absolute Gasteiger partial charge is 0.322 e. The van der Waals surface area contributed by atoms with Crippen LogP contribution < -0.4 is 5.32 Å². The Hall–Kier alpha value is -0.660. The molecule has 0 saturated carbocycles. The number of aliphatic carboxylic acids is 1. The molecular formula is C5H9NO5S. The van der Waals surface area contributed by atoms with Gasteiger partial charge in [0.2, 0.25) is 0 Å². The Balaban J connectivity index is 2.85. The van der Waals surface area contributed by atoms with Gasteiger partial charge in [-0.3, -0.25) is 9.35 Å². The minimum Gasteiger partial charge on any atom is -0.480 e. The van der Waals surface area contributed by atoms with Crippen molar-refractivity contribution in [1.82, 2.24) is 5.32 Å². The molecule has 0 spiro atoms. The number of rotatable bonds is 2. The number of carboxylic acid groups (broad SMARTS) is 1. The van der Waals surface area contributed by atoms with E-state index in [2.05, 4.69) is 5.32 Å². The van der Waals surface area contributed by atoms with Crippen LogP contribution in [-0.4, -0.2) is 41.9 Å². The fourth-order valence-corrected chi connectivity index (χ4v) is 2.22. The van der Waals surface area contributed by atoms with Crippen LogP contribution in [0.5, 0.6) is 0 Å². The van der Waals surface area contributed by atoms with Crippen molar-refractivity contribution >= 4 is 16.1 Å². The van der Waals surface area contributed by atoms with Crippen molar-refractivity contribution in [3.05, 3.63) is 0 Å². The third kappa shape index (κ3) is 1.74. The molecule has 1 unspecified atom stereocenters. The highest BCUT2D eigenvalue weighted by atomic mass is 32.2. The molecule has 0 aromatic heterocycles. The first-order valence-corrected chi connectivity index (χ1v) is 4.86. The quantitative estimate of drug-likeness (QED) is 0.472. The fourth-order valence-electron chi connectivity index (χ4n) is 1.25. The van der Waals surface area contributed by atoms with Crippen LogP contribution in [0.1, 0.15) is 6.42 Å². The number of nitrogens with one attached hydrogen (secondary N) is 1. The molecule has 0 aliphatic carbocycles. The van der Waals surface area contributed by atoms with Gasteiger partial charge >= 0.3 is 5.97 Å². The molecule has 7 heteroatoms. The van der Waals surface area contributed by atoms with Gasteiger partial charge in [-0.15, -0.1) is 0 Å². The zero-order chi connectivity index (χ0) is 9.35. The van der Waals surface area contributed by atoms with E-state index in [1.54, 1.807) is 0 Å². The van der Waals surface area contributed by atoms with Gasteiger partial charge in [0.25, 0.3) is 10.1 Å². The topological polar surface area (TPSA) is 104 Å². The van der Waals surface area contributed by atoms with Crippen LogP contribution in [0, 0.1) is 0 Å². The van der Waals surface area contributed by atoms with E-state index in [4.69, 9.17) is 9.66 Å². The first-order chi connectivity index (χ1) is 5.43. The molecule has 12 heavy (non-hydrogen) atoms. The molecule has 1 fully saturated rings. The average Bonchev–Trinajstić information content (AvgIpc) is 2.30. The summed E-state index contributed by atoms with van der Waals surface area (Å²) in [6.07, 6.45) is 0.135. The summed E-state index contributed by atoms with van der Waals surface area (Å²) < 4.78 is 29.8. The van der Waals surface area contributed by atoms with E-state index in [0.717, 1.165) is 0 Å². The largest absolute Gasteiger partial charge is 0.480 e. The van der Waals surface area contributed by atoms with E-state index < -0.39 is 27.4 Å². The second-order valence-electron chi connectivity index (χ2n) is 2.61. The van der Waals surface area contributed by atoms with Crippen LogP contribution in [0.3, 0.4) is 0 Å². The van der Waals surface area contributed by atoms with Gasteiger partial charge < -0.3 is 10.4 Å². The van der Waals surface area contributed by atoms with E-state index in [9.17, 15) is 13.2 Å². The second kappa shape index (κ2) is 3.00. The van der Waals surface area contributed by atoms with Crippen molar-refractivity contribution in [1.29, 1.82) is 0 Å². The van der Waals surface area contributed by atoms with Crippen molar-refractivity contribution in [2.75, 3.05) is 6.54 Å². The molecule has 70 valence electrons. The lowest BCUT2D eigenvalue weighted by Gasteiger charge is -2.11. The molecule has 2 atom stereocenters. The molecule has 6 nitrogen and oxygen atoms in total. The lowest BCUT2D eigenvalue weighted by atomic mass is 10.2. The first kappa shape index (κ1) is 9.43. The van der Waals surface area contributed by atoms with Crippen LogP contribution in [0.2, 0.25) is 0 Å². The predicted octanol–water partition coefficient (Wildman–Crippen LogP) is -1.31. The lowest BCUT2D eigenvalue weighted by molar-refractivity contribution is -0.138. The zero-order valence-corrected chi connectivity index (χ0v) is 6.91. The SMILES string of the molecule is O=C(O)[C@H]1NCCC1S(=O)(=O)O. The highest BCUT2D eigenvalue weighted by Gasteiger charge is 2.40. The summed E-state index contributed by atoms with van der Waals surface area (Å²) in [6.45, 7) is 0.293. The molecule has 3 N–H and O–H groups in total. The molecular weight excluding hydrogens is 186 g/mol. The molecule has 1 aliphatic heterocycles. The standard InChI is InChI=1S/C5H9NO5S/c7-5(8)4-3(1-2-6-4)12(9,10)11/h3-4,6H,1-2H2,(H,7,8)(H,9,10,11)/t3?,4-/m0/s1. The van der Waals surface area contributed by atoms with E-state index >= 15 is 0 Å². The van der Waals surface area contributed by atoms with Gasteiger partial charge in [0, 0.05) is 0 Å². The van der Waals surface area contributed by atoms with Gasteiger partial charge in [-0.2, -0.15) is 8.42 Å². The minimum atomic E-state index is -4.24. The van der Waals surface area contributed by atoms with Crippen LogP contribution in [0.4, 0.5) is 0 Å². The number of hydrogen-bond acceptors (Lipinski definition) is 4. The number of hydrogen-bond donors (Lipinski definition) is 3. The van der Waals surface area contributed by atoms with Crippen molar-refractivity contribution < 1.29 is 22.9 Å². The van der Waals surface area contributed by atoms with Gasteiger partial charge in [-0.25, -0.2) is 0 Å². The summed E-state index contributed by atoms with van der Waals surface area (Å²) in [5, 5.41) is 9.77. The second-order valence-corrected chi connectivity index (χ2v) is 4.25. The van der Waals surface area contributed by atoms with Crippen LogP contribution in [0.15, 0.2) is 0 Å². The number of carboxylic acids is 1. The summed E-state index contributed by atoms with van der Waals surface area (Å²) in [5.74, 6) is -1.25. The van der Waals surface area contributed by atoms with Crippen molar-refractivity contribution in [3.8, 4) is 0 Å². The third-order valence-electron chi connectivity index (χ3n) is 1.81. The minimum absolute atomic E-state index is 0.135. The summed E-state index contributed by atoms with van der Waals surface area (Å²) in [7, 11) is -4.24. The molecule has 1 heterocycles. The van der Waals surface area contributed by atoms with E-state index in [1.807, 2.05) is 0 Å². The molecule has 0 aromatic carbocycles. The molecule has 1 aliphatic rings. The van der Waals surface area contributed by atoms with E-state index in [1.165, 1.54) is 0 Å². The highest BCUT2D eigenvalue weighted by molar-refractivity contribution is 7.86. The molecule has 1 rings (SSSR count). The Labute approximate surface area is 69.3 Å². The van der Waals surface area contributed by atoms with Gasteiger partial charge in [-0.1, -0.05) is 0 Å². The van der Waals surface area contributed by atoms with Crippen molar-refractivity contribution in [2.24, 2.45) is 0 Å². The third-order valence-corrected chi connectivity index (χ3v) is 3.09. The molecule has 0 amide bonds. The molecule has 0 aromatic rings. The van der Waals surface area contributed by atoms with Gasteiger partial charge in [0.05, 0.1) is 0 Å². The van der Waals surface area contributed by atoms with Gasteiger partial charge in [0.1, 0.15) is 11.3 Å². The van der Waals surface area contributed by atoms with E-state index in [0.29, 0.717) is 6.54 Å². The monoisotopic (exact) mass is 195 g/mol. The van der Waals surface area contributed by atoms with Gasteiger partial charge in [0.15, 0.2) is 0 Å². The number of carbonyl (C=O) groups is 1. The Morgan fingerprint density at radius 2 is 2.08 bits per heavy atom. The molecule has 0 bridgehead atoms. The summed E-state index contributed by atoms with van der Waals surface area (Å²) in [6, 6.07) is -1.18. The summed E-state index contributed by atoms with van der Waals surface area (Å²) >= 11 is 0. The Kier molecular flexibility index (Phi) is 2.36. The van der Waals surface area contributed by atoms with Crippen molar-refractivity contribution in [3.63, 3.8) is 0 Å². The zero-order valence-electron chi connectivity index (χ0n) is 6.10. The Morgan fingerprint density at radius 1 is 1.50 bits per heavy atom. The maximum Gasteiger partial charge on any atom is 0.322 e. The van der Waals surface area contributed by atoms with Crippen LogP contribution in [0.25, 0.3) is 0 Å². The first-order valence-electron chi connectivity index (χ1n) is 3.35. The summed E-state index contributed by atoms with van der Waals surface area (Å²) in [5.41, 5.74) is 0. The Morgan fingerprint density at radius 3 is 2.42 bits per heavy atom. The van der Waals surface area contributed by atoms with Crippen LogP contribution in [-0.2, 0) is 14.9 Å². The normalized spacial score (nSPS) is 30.4. The summed E-state index contributed by atoms with van der Waals surface area (Å²) in [4.78, 5) is 10.4. The average molecular weight is 195 g/mol. The Bertz CT molecular complexity index is 284. The highest BCUT2D eigenvalue weighted by Crippen LogP contribution is 2.15. The van der Waals surface area contributed by atoms with Crippen molar-refractivity contribution in [2.45, 2.75) is 17.7 Å². The molecule has 1 saturated heterocycles. The molecule has 0 radical (unpaired) electrons.